The molecule has 4 rings (SSSR count). The van der Waals surface area contributed by atoms with Gasteiger partial charge in [-0.25, -0.2) is 4.18 Å². The summed E-state index contributed by atoms with van der Waals surface area (Å²) >= 11 is 0. The van der Waals surface area contributed by atoms with Crippen LogP contribution in [0.25, 0.3) is 0 Å². The average molecular weight is 883 g/mol. The van der Waals surface area contributed by atoms with Gasteiger partial charge in [0.15, 0.2) is 25.2 Å². The van der Waals surface area contributed by atoms with Crippen LogP contribution in [0, 0.1) is 0 Å². The van der Waals surface area contributed by atoms with Crippen molar-refractivity contribution < 1.29 is 111 Å². The van der Waals surface area contributed by atoms with Crippen LogP contribution < -0.4 is 21.3 Å². The minimum atomic E-state index is -5.12. The molecule has 59 heavy (non-hydrogen) atoms. The van der Waals surface area contributed by atoms with E-state index >= 15 is 0 Å². The summed E-state index contributed by atoms with van der Waals surface area (Å²) in [6.45, 7) is -0.569. The second-order valence-electron chi connectivity index (χ2n) is 14.2. The molecule has 0 aromatic rings. The first-order valence-corrected chi connectivity index (χ1v) is 19.6. The third kappa shape index (κ3) is 12.0. The van der Waals surface area contributed by atoms with Gasteiger partial charge in [-0.05, 0) is 7.05 Å². The lowest BCUT2D eigenvalue weighted by Crippen LogP contribution is -2.71. The van der Waals surface area contributed by atoms with Crippen LogP contribution in [0.1, 0.15) is 20.8 Å². The summed E-state index contributed by atoms with van der Waals surface area (Å²) in [6.07, 6.45) is -27.5. The van der Waals surface area contributed by atoms with E-state index in [1.165, 1.54) is 7.05 Å². The fourth-order valence-electron chi connectivity index (χ4n) is 7.23. The fourth-order valence-corrected chi connectivity index (χ4v) is 7.54. The predicted octanol–water partition coefficient (Wildman–Crippen LogP) is -9.26. The molecule has 4 aliphatic heterocycles. The van der Waals surface area contributed by atoms with Gasteiger partial charge in [0.1, 0.15) is 91.4 Å². The van der Waals surface area contributed by atoms with Crippen LogP contribution in [0.15, 0.2) is 0 Å². The maximum atomic E-state index is 12.4. The Kier molecular flexibility index (Phi) is 17.6. The van der Waals surface area contributed by atoms with E-state index in [4.69, 9.17) is 37.7 Å². The van der Waals surface area contributed by atoms with Crippen molar-refractivity contribution in [2.45, 2.75) is 143 Å². The van der Waals surface area contributed by atoms with Crippen LogP contribution in [0.5, 0.6) is 0 Å². The molecule has 14 N–H and O–H groups in total. The molecule has 342 valence electrons. The minimum Gasteiger partial charge on any atom is -0.394 e. The monoisotopic (exact) mass is 882 g/mol. The molecule has 4 aliphatic rings. The highest BCUT2D eigenvalue weighted by molar-refractivity contribution is 7.80. The number of ether oxygens (including phenoxy) is 7. The van der Waals surface area contributed by atoms with Gasteiger partial charge in [0, 0.05) is 20.8 Å². The first-order valence-electron chi connectivity index (χ1n) is 18.3. The molecule has 4 saturated heterocycles. The molecule has 27 nitrogen and oxygen atoms in total. The van der Waals surface area contributed by atoms with E-state index in [-0.39, 0.29) is 0 Å². The van der Waals surface area contributed by atoms with E-state index in [1.807, 2.05) is 0 Å². The molecule has 0 spiro atoms. The topological polar surface area (TPSA) is 410 Å². The molecule has 3 amide bonds. The molecular formula is C31H54N4O23S. The highest BCUT2D eigenvalue weighted by Gasteiger charge is 2.56. The number of rotatable bonds is 16. The van der Waals surface area contributed by atoms with Gasteiger partial charge in [-0.1, -0.05) is 0 Å². The molecule has 0 radical (unpaired) electrons. The van der Waals surface area contributed by atoms with Crippen LogP contribution in [0.2, 0.25) is 0 Å². The van der Waals surface area contributed by atoms with E-state index in [2.05, 4.69) is 25.5 Å². The van der Waals surface area contributed by atoms with Crippen LogP contribution >= 0.6 is 0 Å². The second kappa shape index (κ2) is 21.1. The standard InChI is InChI=1S/C31H54N4O23S/c1-9(39)33-16-22(44)27(15(52-28(16)47)8-51-59(48,49)50)58-31-19(35-11(3)41)24(46)26(14(7-38)55-31)57-30-18(34-10(2)40)23(45)25(13(6-37)54-30)56-29-17(32-4)21(43)20(42)12(5-36)53-29/h12-32,36-38,42-47H,5-8H2,1-4H3,(H,33,39)(H,34,40)(H,35,41)(H,48,49,50)/t12-,13?,14-,15?,16?,17?,18?,19?,20?,21-,22?,23?,24-,25?,26?,27?,28?,29+,30?,31+/m1/s1. The van der Waals surface area contributed by atoms with E-state index in [0.717, 1.165) is 20.8 Å². The summed E-state index contributed by atoms with van der Waals surface area (Å²) < 4.78 is 76.8. The quantitative estimate of drug-likeness (QED) is 0.0640. The Labute approximate surface area is 336 Å². The molecule has 0 saturated carbocycles. The number of carbonyl (C=O) groups excluding carboxylic acids is 3. The van der Waals surface area contributed by atoms with Crippen molar-refractivity contribution >= 4 is 28.1 Å². The lowest BCUT2D eigenvalue weighted by atomic mass is 9.93. The third-order valence-electron chi connectivity index (χ3n) is 9.98. The number of amides is 3. The van der Waals surface area contributed by atoms with Crippen molar-refractivity contribution in [1.29, 1.82) is 0 Å². The number of aliphatic hydroxyl groups is 9. The van der Waals surface area contributed by atoms with Crippen LogP contribution in [-0.2, 0) is 62.1 Å². The van der Waals surface area contributed by atoms with Gasteiger partial charge in [0.2, 0.25) is 17.7 Å². The highest BCUT2D eigenvalue weighted by atomic mass is 32.3. The first kappa shape index (κ1) is 49.3. The van der Waals surface area contributed by atoms with Gasteiger partial charge >= 0.3 is 10.4 Å². The number of likely N-dealkylation sites (N-methyl/N-ethyl adjacent to an activating group) is 1. The van der Waals surface area contributed by atoms with Gasteiger partial charge in [-0.2, -0.15) is 8.42 Å². The molecule has 0 aromatic carbocycles. The largest absolute Gasteiger partial charge is 0.397 e. The second-order valence-corrected chi connectivity index (χ2v) is 15.3. The van der Waals surface area contributed by atoms with Crippen LogP contribution in [0.4, 0.5) is 0 Å². The van der Waals surface area contributed by atoms with Crippen molar-refractivity contribution in [3.05, 3.63) is 0 Å². The maximum Gasteiger partial charge on any atom is 0.397 e. The smallest absolute Gasteiger partial charge is 0.394 e. The van der Waals surface area contributed by atoms with Gasteiger partial charge in [-0.15, -0.1) is 0 Å². The summed E-state index contributed by atoms with van der Waals surface area (Å²) in [5, 5.41) is 106. The zero-order valence-corrected chi connectivity index (χ0v) is 32.9. The molecule has 4 fully saturated rings. The van der Waals surface area contributed by atoms with Crippen molar-refractivity contribution in [1.82, 2.24) is 21.3 Å². The molecule has 4 heterocycles. The molecule has 0 aliphatic carbocycles. The number of carbonyl (C=O) groups is 3. The normalized spacial score (nSPS) is 43.1. The van der Waals surface area contributed by atoms with Crippen molar-refractivity contribution in [3.63, 3.8) is 0 Å². The molecule has 0 bridgehead atoms. The minimum absolute atomic E-state index is 0.742. The van der Waals surface area contributed by atoms with E-state index < -0.39 is 177 Å². The van der Waals surface area contributed by atoms with Gasteiger partial charge in [0.05, 0.1) is 32.5 Å². The molecule has 0 aromatic heterocycles. The van der Waals surface area contributed by atoms with E-state index in [9.17, 15) is 68.8 Å². The molecule has 14 unspecified atom stereocenters. The summed E-state index contributed by atoms with van der Waals surface area (Å²) in [7, 11) is -3.73. The average Bonchev–Trinajstić information content (AvgIpc) is 3.15. The Morgan fingerprint density at radius 3 is 1.31 bits per heavy atom. The summed E-state index contributed by atoms with van der Waals surface area (Å²) in [6, 6.07) is -6.08. The molecular weight excluding hydrogens is 828 g/mol. The van der Waals surface area contributed by atoms with Crippen molar-refractivity contribution in [2.24, 2.45) is 0 Å². The summed E-state index contributed by atoms with van der Waals surface area (Å²) in [4.78, 5) is 36.7. The summed E-state index contributed by atoms with van der Waals surface area (Å²) in [5.74, 6) is -2.31. The SMILES string of the molecule is CNC1[C@H](OC2C(CO)OC(OC3[C@H](O)C(NC(C)=O)[C@H](OC4C(COS(=O)(=O)O)OC(O)C(NC(C)=O)C4O)O[C@@H]3CO)C(NC(C)=O)C2O)O[C@H](CO)C(O)[C@@H]1O. The lowest BCUT2D eigenvalue weighted by molar-refractivity contribution is -0.361. The maximum absolute atomic E-state index is 12.4. The Balaban J connectivity index is 1.62. The number of hydrogen-bond acceptors (Lipinski definition) is 23. The fraction of sp³-hybridized carbons (Fsp3) is 0.903. The Hall–Kier alpha value is -2.40. The zero-order valence-electron chi connectivity index (χ0n) is 32.1. The molecule has 20 atom stereocenters. The third-order valence-corrected chi connectivity index (χ3v) is 10.4. The Morgan fingerprint density at radius 1 is 0.542 bits per heavy atom. The van der Waals surface area contributed by atoms with Gasteiger partial charge in [-0.3, -0.25) is 18.9 Å². The summed E-state index contributed by atoms with van der Waals surface area (Å²) in [5.41, 5.74) is 0. The van der Waals surface area contributed by atoms with E-state index in [0.29, 0.717) is 0 Å². The Morgan fingerprint density at radius 2 is 0.915 bits per heavy atom. The van der Waals surface area contributed by atoms with Gasteiger partial charge in [0.25, 0.3) is 0 Å². The van der Waals surface area contributed by atoms with Gasteiger partial charge < -0.3 is 100 Å². The predicted molar refractivity (Wildman–Crippen MR) is 186 cm³/mol. The number of aliphatic hydroxyl groups excluding tert-OH is 9. The highest BCUT2D eigenvalue weighted by Crippen LogP contribution is 2.34. The molecule has 28 heteroatoms. The van der Waals surface area contributed by atoms with E-state index in [1.54, 1.807) is 0 Å². The lowest BCUT2D eigenvalue weighted by Gasteiger charge is -2.51. The number of nitrogens with one attached hydrogen (secondary N) is 4. The van der Waals surface area contributed by atoms with Crippen LogP contribution in [0.3, 0.4) is 0 Å². The zero-order chi connectivity index (χ0) is 44.1. The van der Waals surface area contributed by atoms with Crippen LogP contribution in [-0.4, -0.2) is 233 Å². The van der Waals surface area contributed by atoms with Crippen molar-refractivity contribution in [2.75, 3.05) is 33.5 Å². The first-order chi connectivity index (χ1) is 27.6. The Bertz CT molecular complexity index is 1520. The number of hydrogen-bond donors (Lipinski definition) is 14. The van der Waals surface area contributed by atoms with Crippen molar-refractivity contribution in [3.8, 4) is 0 Å².